The molecule has 0 unspecified atom stereocenters. The van der Waals surface area contributed by atoms with Gasteiger partial charge in [0.1, 0.15) is 5.75 Å². The Balaban J connectivity index is 2.87. The van der Waals surface area contributed by atoms with Gasteiger partial charge >= 0.3 is 6.36 Å². The lowest BCUT2D eigenvalue weighted by molar-refractivity contribution is -0.274. The molecule has 0 aliphatic rings. The van der Waals surface area contributed by atoms with Crippen LogP contribution in [-0.4, -0.2) is 6.36 Å². The Morgan fingerprint density at radius 3 is 2.43 bits per heavy atom. The van der Waals surface area contributed by atoms with Gasteiger partial charge in [-0.15, -0.1) is 13.2 Å². The zero-order valence-electron chi connectivity index (χ0n) is 6.94. The smallest absolute Gasteiger partial charge is 0.406 e. The van der Waals surface area contributed by atoms with Crippen molar-refractivity contribution in [3.8, 4) is 5.75 Å². The molecule has 6 heteroatoms. The minimum absolute atomic E-state index is 0.257. The van der Waals surface area contributed by atoms with Crippen LogP contribution in [0.5, 0.6) is 5.75 Å². The molecule has 0 heterocycles. The van der Waals surface area contributed by atoms with Crippen LogP contribution in [0.25, 0.3) is 0 Å². The summed E-state index contributed by atoms with van der Waals surface area (Å²) in [6.45, 7) is 0.257. The first kappa shape index (κ1) is 11.3. The fourth-order valence-corrected chi connectivity index (χ4v) is 1.41. The average Bonchev–Trinajstić information content (AvgIpc) is 2.01. The molecule has 0 amide bonds. The van der Waals surface area contributed by atoms with Crippen molar-refractivity contribution >= 4 is 15.9 Å². The van der Waals surface area contributed by atoms with Crippen LogP contribution in [-0.2, 0) is 6.54 Å². The molecule has 0 atom stereocenters. The maximum atomic E-state index is 11.8. The number of benzene rings is 1. The van der Waals surface area contributed by atoms with E-state index in [1.165, 1.54) is 18.2 Å². The fraction of sp³-hybridized carbons (Fsp3) is 0.250. The van der Waals surface area contributed by atoms with Crippen molar-refractivity contribution in [2.45, 2.75) is 12.9 Å². The highest BCUT2D eigenvalue weighted by atomic mass is 79.9. The van der Waals surface area contributed by atoms with E-state index in [-0.39, 0.29) is 12.3 Å². The van der Waals surface area contributed by atoms with Crippen molar-refractivity contribution in [1.82, 2.24) is 0 Å². The van der Waals surface area contributed by atoms with Gasteiger partial charge in [-0.1, -0.05) is 22.0 Å². The van der Waals surface area contributed by atoms with Gasteiger partial charge in [0.2, 0.25) is 0 Å². The lowest BCUT2D eigenvalue weighted by atomic mass is 10.2. The minimum atomic E-state index is -4.66. The molecule has 14 heavy (non-hydrogen) atoms. The van der Waals surface area contributed by atoms with Crippen molar-refractivity contribution < 1.29 is 17.9 Å². The van der Waals surface area contributed by atoms with Crippen LogP contribution in [0.15, 0.2) is 22.7 Å². The number of hydrogen-bond acceptors (Lipinski definition) is 2. The lowest BCUT2D eigenvalue weighted by Crippen LogP contribution is -2.17. The van der Waals surface area contributed by atoms with Crippen LogP contribution in [0.1, 0.15) is 5.56 Å². The Labute approximate surface area is 87.0 Å². The molecule has 0 bridgehead atoms. The molecule has 0 spiro atoms. The summed E-state index contributed by atoms with van der Waals surface area (Å²) in [5, 5.41) is 0. The third-order valence-electron chi connectivity index (χ3n) is 1.48. The van der Waals surface area contributed by atoms with E-state index in [4.69, 9.17) is 5.73 Å². The van der Waals surface area contributed by atoms with Crippen LogP contribution in [0, 0.1) is 0 Å². The van der Waals surface area contributed by atoms with Crippen molar-refractivity contribution in [3.05, 3.63) is 28.2 Å². The lowest BCUT2D eigenvalue weighted by Gasteiger charge is -2.10. The van der Waals surface area contributed by atoms with Crippen LogP contribution in [0.4, 0.5) is 13.2 Å². The van der Waals surface area contributed by atoms with E-state index in [1.807, 2.05) is 0 Å². The van der Waals surface area contributed by atoms with Gasteiger partial charge < -0.3 is 10.5 Å². The Morgan fingerprint density at radius 2 is 2.00 bits per heavy atom. The van der Waals surface area contributed by atoms with Gasteiger partial charge in [0.25, 0.3) is 0 Å². The average molecular weight is 270 g/mol. The summed E-state index contributed by atoms with van der Waals surface area (Å²) >= 11 is 3.09. The standard InChI is InChI=1S/C8H7BrF3NO/c9-7-3-6(14-8(10,11)12)2-1-5(7)4-13/h1-3H,4,13H2. The molecule has 0 fully saturated rings. The number of alkyl halides is 3. The number of rotatable bonds is 2. The monoisotopic (exact) mass is 269 g/mol. The first-order valence-electron chi connectivity index (χ1n) is 3.66. The van der Waals surface area contributed by atoms with Crippen molar-refractivity contribution in [2.75, 3.05) is 0 Å². The predicted molar refractivity (Wildman–Crippen MR) is 48.7 cm³/mol. The molecule has 0 saturated carbocycles. The third kappa shape index (κ3) is 3.19. The van der Waals surface area contributed by atoms with E-state index in [2.05, 4.69) is 20.7 Å². The number of hydrogen-bond donors (Lipinski definition) is 1. The van der Waals surface area contributed by atoms with Crippen molar-refractivity contribution in [3.63, 3.8) is 0 Å². The maximum absolute atomic E-state index is 11.8. The highest BCUT2D eigenvalue weighted by Crippen LogP contribution is 2.27. The zero-order valence-corrected chi connectivity index (χ0v) is 8.52. The van der Waals surface area contributed by atoms with Crippen LogP contribution >= 0.6 is 15.9 Å². The highest BCUT2D eigenvalue weighted by molar-refractivity contribution is 9.10. The first-order chi connectivity index (χ1) is 6.42. The summed E-state index contributed by atoms with van der Waals surface area (Å²) in [4.78, 5) is 0. The molecule has 0 saturated heterocycles. The van der Waals surface area contributed by atoms with Gasteiger partial charge in [-0.3, -0.25) is 0 Å². The zero-order chi connectivity index (χ0) is 10.8. The Bertz CT molecular complexity index is 327. The topological polar surface area (TPSA) is 35.2 Å². The second-order valence-electron chi connectivity index (χ2n) is 2.51. The number of ether oxygens (including phenoxy) is 1. The van der Waals surface area contributed by atoms with E-state index in [1.54, 1.807) is 0 Å². The minimum Gasteiger partial charge on any atom is -0.406 e. The summed E-state index contributed by atoms with van der Waals surface area (Å²) in [6, 6.07) is 3.93. The Kier molecular flexibility index (Phi) is 3.38. The van der Waals surface area contributed by atoms with Crippen LogP contribution in [0.3, 0.4) is 0 Å². The summed E-state index contributed by atoms with van der Waals surface area (Å²) in [5.74, 6) is -0.262. The molecule has 0 aliphatic heterocycles. The molecular weight excluding hydrogens is 263 g/mol. The second kappa shape index (κ2) is 4.18. The maximum Gasteiger partial charge on any atom is 0.573 e. The SMILES string of the molecule is NCc1ccc(OC(F)(F)F)cc1Br. The highest BCUT2D eigenvalue weighted by Gasteiger charge is 2.31. The molecule has 1 aromatic carbocycles. The Morgan fingerprint density at radius 1 is 1.36 bits per heavy atom. The van der Waals surface area contributed by atoms with E-state index in [0.717, 1.165) is 5.56 Å². The fourth-order valence-electron chi connectivity index (χ4n) is 0.891. The van der Waals surface area contributed by atoms with E-state index >= 15 is 0 Å². The molecule has 2 N–H and O–H groups in total. The third-order valence-corrected chi connectivity index (χ3v) is 2.22. The molecular formula is C8H7BrF3NO. The van der Waals surface area contributed by atoms with E-state index in [9.17, 15) is 13.2 Å². The summed E-state index contributed by atoms with van der Waals surface area (Å²) in [7, 11) is 0. The van der Waals surface area contributed by atoms with Gasteiger partial charge in [0, 0.05) is 11.0 Å². The molecule has 1 aromatic rings. The van der Waals surface area contributed by atoms with Crippen molar-refractivity contribution in [1.29, 1.82) is 0 Å². The molecule has 78 valence electrons. The number of nitrogens with two attached hydrogens (primary N) is 1. The molecule has 0 aliphatic carbocycles. The first-order valence-corrected chi connectivity index (χ1v) is 4.46. The van der Waals surface area contributed by atoms with Gasteiger partial charge in [-0.05, 0) is 17.7 Å². The van der Waals surface area contributed by atoms with Gasteiger partial charge in [-0.2, -0.15) is 0 Å². The number of halogens is 4. The quantitative estimate of drug-likeness (QED) is 0.896. The molecule has 2 nitrogen and oxygen atoms in total. The van der Waals surface area contributed by atoms with Crippen LogP contribution in [0.2, 0.25) is 0 Å². The normalized spacial score (nSPS) is 11.5. The van der Waals surface area contributed by atoms with Gasteiger partial charge in [-0.25, -0.2) is 0 Å². The summed E-state index contributed by atoms with van der Waals surface area (Å²) < 4.78 is 39.6. The van der Waals surface area contributed by atoms with Gasteiger partial charge in [0.15, 0.2) is 0 Å². The summed E-state index contributed by atoms with van der Waals surface area (Å²) in [6.07, 6.45) is -4.66. The molecule has 1 rings (SSSR count). The van der Waals surface area contributed by atoms with E-state index < -0.39 is 6.36 Å². The molecule has 0 radical (unpaired) electrons. The van der Waals surface area contributed by atoms with E-state index in [0.29, 0.717) is 4.47 Å². The van der Waals surface area contributed by atoms with Gasteiger partial charge in [0.05, 0.1) is 0 Å². The second-order valence-corrected chi connectivity index (χ2v) is 3.36. The van der Waals surface area contributed by atoms with Crippen LogP contribution < -0.4 is 10.5 Å². The Hall–Kier alpha value is -0.750. The molecule has 0 aromatic heterocycles. The largest absolute Gasteiger partial charge is 0.573 e. The van der Waals surface area contributed by atoms with Crippen molar-refractivity contribution in [2.24, 2.45) is 5.73 Å². The summed E-state index contributed by atoms with van der Waals surface area (Å²) in [5.41, 5.74) is 6.06. The predicted octanol–water partition coefficient (Wildman–Crippen LogP) is 2.81.